The predicted molar refractivity (Wildman–Crippen MR) is 136 cm³/mol. The molecule has 1 aliphatic carbocycles. The summed E-state index contributed by atoms with van der Waals surface area (Å²) in [4.78, 5) is 27.6. The van der Waals surface area contributed by atoms with Gasteiger partial charge in [-0.3, -0.25) is 10.1 Å². The van der Waals surface area contributed by atoms with Crippen LogP contribution in [-0.2, 0) is 10.3 Å². The molecule has 184 valence electrons. The minimum absolute atomic E-state index is 0.0949. The zero-order chi connectivity index (χ0) is 25.5. The van der Waals surface area contributed by atoms with E-state index in [1.54, 1.807) is 0 Å². The highest BCUT2D eigenvalue weighted by atomic mass is 16.6. The van der Waals surface area contributed by atoms with Gasteiger partial charge < -0.3 is 14.5 Å². The molecule has 2 aromatic carbocycles. The van der Waals surface area contributed by atoms with Crippen molar-refractivity contribution in [2.24, 2.45) is 0 Å². The number of carbonyl (C=O) groups excluding carboxylic acids is 1. The molecule has 1 N–H and O–H groups in total. The number of amides is 1. The van der Waals surface area contributed by atoms with E-state index in [1.807, 2.05) is 75.4 Å². The SMILES string of the molecule is CC(C)(C)OC(=O)NC1(c2ccc(-c3oc4ncc([N+](=O)[O-])cc4c3-c3ccccc3)cc2)CCC1. The average molecular weight is 486 g/mol. The summed E-state index contributed by atoms with van der Waals surface area (Å²) >= 11 is 0. The highest BCUT2D eigenvalue weighted by Crippen LogP contribution is 2.44. The van der Waals surface area contributed by atoms with E-state index < -0.39 is 22.2 Å². The van der Waals surface area contributed by atoms with Gasteiger partial charge in [0.25, 0.3) is 5.69 Å². The molecule has 36 heavy (non-hydrogen) atoms. The van der Waals surface area contributed by atoms with Crippen LogP contribution in [0.2, 0.25) is 0 Å². The second-order valence-electron chi connectivity index (χ2n) is 10.1. The number of carbonyl (C=O) groups is 1. The summed E-state index contributed by atoms with van der Waals surface area (Å²) < 4.78 is 11.6. The molecule has 1 saturated carbocycles. The Hall–Kier alpha value is -4.20. The lowest BCUT2D eigenvalue weighted by Gasteiger charge is -2.43. The summed E-state index contributed by atoms with van der Waals surface area (Å²) in [5.41, 5.74) is 2.64. The van der Waals surface area contributed by atoms with E-state index in [0.717, 1.165) is 41.5 Å². The molecular formula is C28H27N3O5. The number of alkyl carbamates (subject to hydrolysis) is 1. The maximum atomic E-state index is 12.5. The van der Waals surface area contributed by atoms with E-state index in [-0.39, 0.29) is 5.69 Å². The van der Waals surface area contributed by atoms with Crippen molar-refractivity contribution < 1.29 is 18.9 Å². The molecule has 0 atom stereocenters. The van der Waals surface area contributed by atoms with Crippen LogP contribution in [0.1, 0.15) is 45.6 Å². The normalized spacial score (nSPS) is 14.8. The molecule has 1 aliphatic rings. The fourth-order valence-electron chi connectivity index (χ4n) is 4.62. The number of ether oxygens (including phenoxy) is 1. The van der Waals surface area contributed by atoms with Gasteiger partial charge >= 0.3 is 6.09 Å². The number of pyridine rings is 1. The third-order valence-electron chi connectivity index (χ3n) is 6.45. The topological polar surface area (TPSA) is 108 Å². The maximum Gasteiger partial charge on any atom is 0.408 e. The maximum absolute atomic E-state index is 12.5. The summed E-state index contributed by atoms with van der Waals surface area (Å²) in [6.07, 6.45) is 3.46. The number of hydrogen-bond acceptors (Lipinski definition) is 6. The minimum atomic E-state index is -0.572. The zero-order valence-electron chi connectivity index (χ0n) is 20.4. The first-order chi connectivity index (χ1) is 17.2. The summed E-state index contributed by atoms with van der Waals surface area (Å²) in [6, 6.07) is 19.0. The highest BCUT2D eigenvalue weighted by Gasteiger charge is 2.41. The van der Waals surface area contributed by atoms with Gasteiger partial charge in [-0.1, -0.05) is 54.6 Å². The first-order valence-corrected chi connectivity index (χ1v) is 11.9. The molecule has 2 aromatic heterocycles. The first-order valence-electron chi connectivity index (χ1n) is 11.9. The standard InChI is InChI=1S/C28H27N3O5/c1-27(2,3)36-26(32)30-28(14-7-15-28)20-12-10-19(11-13-20)24-23(18-8-5-4-6-9-18)22-16-21(31(33)34)17-29-25(22)35-24/h4-6,8-13,16-17H,7,14-15H2,1-3H3,(H,30,32). The van der Waals surface area contributed by atoms with Gasteiger partial charge in [0, 0.05) is 17.2 Å². The molecule has 5 rings (SSSR count). The van der Waals surface area contributed by atoms with Crippen molar-refractivity contribution in [1.29, 1.82) is 0 Å². The van der Waals surface area contributed by atoms with Crippen LogP contribution in [0.15, 0.2) is 71.3 Å². The summed E-state index contributed by atoms with van der Waals surface area (Å²) in [5, 5.41) is 15.0. The van der Waals surface area contributed by atoms with E-state index in [2.05, 4.69) is 10.3 Å². The van der Waals surface area contributed by atoms with Crippen molar-refractivity contribution in [2.45, 2.75) is 51.2 Å². The Morgan fingerprint density at radius 1 is 1.08 bits per heavy atom. The van der Waals surface area contributed by atoms with E-state index in [4.69, 9.17) is 9.15 Å². The Kier molecular flexibility index (Phi) is 5.74. The zero-order valence-corrected chi connectivity index (χ0v) is 20.4. The van der Waals surface area contributed by atoms with Crippen LogP contribution in [0, 0.1) is 10.1 Å². The Bertz CT molecular complexity index is 1430. The Labute approximate surface area is 208 Å². The Balaban J connectivity index is 1.54. The number of nitrogens with zero attached hydrogens (tertiary/aromatic N) is 2. The molecule has 8 heteroatoms. The molecule has 1 fully saturated rings. The van der Waals surface area contributed by atoms with E-state index in [1.165, 1.54) is 12.3 Å². The number of hydrogen-bond donors (Lipinski definition) is 1. The van der Waals surface area contributed by atoms with Crippen molar-refractivity contribution in [3.63, 3.8) is 0 Å². The molecule has 0 radical (unpaired) electrons. The smallest absolute Gasteiger partial charge is 0.408 e. The van der Waals surface area contributed by atoms with Crippen LogP contribution < -0.4 is 5.32 Å². The predicted octanol–water partition coefficient (Wildman–Crippen LogP) is 6.97. The number of nitro groups is 1. The summed E-state index contributed by atoms with van der Waals surface area (Å²) in [6.45, 7) is 5.53. The molecule has 8 nitrogen and oxygen atoms in total. The third kappa shape index (κ3) is 4.42. The minimum Gasteiger partial charge on any atom is -0.444 e. The lowest BCUT2D eigenvalue weighted by atomic mass is 9.71. The van der Waals surface area contributed by atoms with E-state index in [0.29, 0.717) is 16.9 Å². The van der Waals surface area contributed by atoms with E-state index in [9.17, 15) is 14.9 Å². The molecule has 0 saturated heterocycles. The lowest BCUT2D eigenvalue weighted by Crippen LogP contribution is -2.52. The number of furan rings is 1. The number of fused-ring (bicyclic) bond motifs is 1. The number of rotatable bonds is 5. The molecule has 1 amide bonds. The van der Waals surface area contributed by atoms with Crippen LogP contribution in [0.3, 0.4) is 0 Å². The third-order valence-corrected chi connectivity index (χ3v) is 6.45. The van der Waals surface area contributed by atoms with Gasteiger partial charge in [0.2, 0.25) is 5.71 Å². The fourth-order valence-corrected chi connectivity index (χ4v) is 4.62. The van der Waals surface area contributed by atoms with Crippen LogP contribution in [0.4, 0.5) is 10.5 Å². The van der Waals surface area contributed by atoms with Crippen molar-refractivity contribution in [3.8, 4) is 22.5 Å². The molecule has 0 unspecified atom stereocenters. The number of nitrogens with one attached hydrogen (secondary N) is 1. The highest BCUT2D eigenvalue weighted by molar-refractivity contribution is 6.01. The lowest BCUT2D eigenvalue weighted by molar-refractivity contribution is -0.385. The van der Waals surface area contributed by atoms with Crippen molar-refractivity contribution >= 4 is 22.9 Å². The number of benzene rings is 2. The van der Waals surface area contributed by atoms with Crippen LogP contribution in [-0.4, -0.2) is 21.6 Å². The van der Waals surface area contributed by atoms with Crippen LogP contribution in [0.25, 0.3) is 33.6 Å². The van der Waals surface area contributed by atoms with Crippen molar-refractivity contribution in [2.75, 3.05) is 0 Å². The number of aromatic nitrogens is 1. The van der Waals surface area contributed by atoms with Gasteiger partial charge in [0.1, 0.15) is 17.6 Å². The fraction of sp³-hybridized carbons (Fsp3) is 0.286. The van der Waals surface area contributed by atoms with Gasteiger partial charge in [-0.25, -0.2) is 9.78 Å². The quantitative estimate of drug-likeness (QED) is 0.241. The van der Waals surface area contributed by atoms with Crippen molar-refractivity contribution in [1.82, 2.24) is 10.3 Å². The van der Waals surface area contributed by atoms with E-state index >= 15 is 0 Å². The monoisotopic (exact) mass is 485 g/mol. The van der Waals surface area contributed by atoms with Crippen LogP contribution in [0.5, 0.6) is 0 Å². The molecule has 0 bridgehead atoms. The van der Waals surface area contributed by atoms with Gasteiger partial charge in [0.05, 0.1) is 15.8 Å². The Morgan fingerprint density at radius 3 is 2.36 bits per heavy atom. The molecule has 4 aromatic rings. The van der Waals surface area contributed by atoms with Gasteiger partial charge in [-0.05, 0) is 51.2 Å². The second-order valence-corrected chi connectivity index (χ2v) is 10.1. The first kappa shape index (κ1) is 23.5. The molecular weight excluding hydrogens is 458 g/mol. The molecule has 2 heterocycles. The van der Waals surface area contributed by atoms with Gasteiger partial charge in [-0.15, -0.1) is 0 Å². The summed E-state index contributed by atoms with van der Waals surface area (Å²) in [5.74, 6) is 0.582. The van der Waals surface area contributed by atoms with Gasteiger partial charge in [0.15, 0.2) is 0 Å². The second kappa shape index (κ2) is 8.78. The molecule has 0 aliphatic heterocycles. The van der Waals surface area contributed by atoms with Crippen LogP contribution >= 0.6 is 0 Å². The summed E-state index contributed by atoms with van der Waals surface area (Å²) in [7, 11) is 0. The van der Waals surface area contributed by atoms with Gasteiger partial charge in [-0.2, -0.15) is 0 Å². The Morgan fingerprint density at radius 2 is 1.78 bits per heavy atom. The average Bonchev–Trinajstić information content (AvgIpc) is 3.20. The van der Waals surface area contributed by atoms with Crippen molar-refractivity contribution in [3.05, 3.63) is 82.5 Å². The largest absolute Gasteiger partial charge is 0.444 e. The molecule has 0 spiro atoms.